The van der Waals surface area contributed by atoms with Gasteiger partial charge in [-0.25, -0.2) is 0 Å². The lowest BCUT2D eigenvalue weighted by Crippen LogP contribution is -2.27. The van der Waals surface area contributed by atoms with Gasteiger partial charge < -0.3 is 9.73 Å². The van der Waals surface area contributed by atoms with Gasteiger partial charge >= 0.3 is 0 Å². The number of amides is 1. The van der Waals surface area contributed by atoms with Crippen LogP contribution in [-0.4, -0.2) is 15.7 Å². The number of furan rings is 1. The summed E-state index contributed by atoms with van der Waals surface area (Å²) in [6.07, 6.45) is 7.55. The van der Waals surface area contributed by atoms with Crippen LogP contribution in [0.2, 0.25) is 0 Å². The molecule has 0 aliphatic heterocycles. The number of nitrogens with one attached hydrogen (secondary N) is 1. The summed E-state index contributed by atoms with van der Waals surface area (Å²) in [6.45, 7) is 1.94. The van der Waals surface area contributed by atoms with Gasteiger partial charge in [0.05, 0.1) is 18.6 Å². The van der Waals surface area contributed by atoms with Crippen LogP contribution in [0.4, 0.5) is 0 Å². The van der Waals surface area contributed by atoms with Crippen LogP contribution < -0.4 is 5.32 Å². The number of carbonyl (C=O) groups excluding carboxylic acids is 1. The molecule has 1 aliphatic carbocycles. The quantitative estimate of drug-likeness (QED) is 0.934. The van der Waals surface area contributed by atoms with Crippen molar-refractivity contribution in [2.24, 2.45) is 7.05 Å². The molecule has 3 rings (SSSR count). The van der Waals surface area contributed by atoms with Crippen molar-refractivity contribution in [1.82, 2.24) is 15.1 Å². The lowest BCUT2D eigenvalue weighted by molar-refractivity contribution is 0.0933. The lowest BCUT2D eigenvalue weighted by atomic mass is 9.95. The van der Waals surface area contributed by atoms with Crippen molar-refractivity contribution in [3.05, 3.63) is 41.1 Å². The summed E-state index contributed by atoms with van der Waals surface area (Å²) in [5.74, 6) is -0.0996. The Balaban J connectivity index is 1.81. The van der Waals surface area contributed by atoms with E-state index in [-0.39, 0.29) is 11.9 Å². The molecule has 1 N–H and O–H groups in total. The van der Waals surface area contributed by atoms with Gasteiger partial charge in [-0.3, -0.25) is 9.48 Å². The van der Waals surface area contributed by atoms with E-state index in [2.05, 4.69) is 10.4 Å². The summed E-state index contributed by atoms with van der Waals surface area (Å²) in [4.78, 5) is 12.4. The van der Waals surface area contributed by atoms with Crippen molar-refractivity contribution < 1.29 is 9.21 Å². The minimum absolute atomic E-state index is 0.0810. The van der Waals surface area contributed by atoms with E-state index in [9.17, 15) is 4.79 Å². The average molecular weight is 273 g/mol. The Labute approximate surface area is 118 Å². The van der Waals surface area contributed by atoms with Crippen LogP contribution in [0, 0.1) is 0 Å². The fourth-order valence-electron chi connectivity index (χ4n) is 2.82. The first kappa shape index (κ1) is 13.0. The van der Waals surface area contributed by atoms with Crippen LogP contribution in [0.5, 0.6) is 0 Å². The second-order valence-electron chi connectivity index (χ2n) is 5.36. The molecule has 0 saturated carbocycles. The van der Waals surface area contributed by atoms with Crippen LogP contribution >= 0.6 is 0 Å². The molecule has 5 heteroatoms. The molecule has 1 amide bonds. The number of rotatable bonds is 3. The van der Waals surface area contributed by atoms with Crippen LogP contribution in [-0.2, 0) is 19.9 Å². The molecule has 0 spiro atoms. The molecule has 0 saturated heterocycles. The molecule has 106 valence electrons. The molecule has 2 aromatic rings. The predicted octanol–water partition coefficient (Wildman–Crippen LogP) is 2.38. The Morgan fingerprint density at radius 2 is 2.25 bits per heavy atom. The van der Waals surface area contributed by atoms with Crippen LogP contribution in [0.3, 0.4) is 0 Å². The highest BCUT2D eigenvalue weighted by molar-refractivity contribution is 5.94. The summed E-state index contributed by atoms with van der Waals surface area (Å²) < 4.78 is 6.90. The summed E-state index contributed by atoms with van der Waals surface area (Å²) in [5, 5.41) is 7.40. The van der Waals surface area contributed by atoms with Crippen LogP contribution in [0.15, 0.2) is 23.0 Å². The third kappa shape index (κ3) is 2.24. The summed E-state index contributed by atoms with van der Waals surface area (Å²) >= 11 is 0. The van der Waals surface area contributed by atoms with Crippen molar-refractivity contribution in [2.45, 2.75) is 38.6 Å². The highest BCUT2D eigenvalue weighted by atomic mass is 16.3. The third-order valence-corrected chi connectivity index (χ3v) is 3.97. The fraction of sp³-hybridized carbons (Fsp3) is 0.467. The normalized spacial score (nSPS) is 15.7. The Kier molecular flexibility index (Phi) is 3.34. The summed E-state index contributed by atoms with van der Waals surface area (Å²) in [6, 6.07) is 1.78. The molecule has 2 aromatic heterocycles. The van der Waals surface area contributed by atoms with Crippen LogP contribution in [0.25, 0.3) is 0 Å². The van der Waals surface area contributed by atoms with Gasteiger partial charge in [0.1, 0.15) is 0 Å². The molecule has 0 fully saturated rings. The molecule has 20 heavy (non-hydrogen) atoms. The smallest absolute Gasteiger partial charge is 0.272 e. The molecular weight excluding hydrogens is 254 g/mol. The van der Waals surface area contributed by atoms with Crippen molar-refractivity contribution in [2.75, 3.05) is 0 Å². The molecule has 1 aliphatic rings. The third-order valence-electron chi connectivity index (χ3n) is 3.97. The average Bonchev–Trinajstić information content (AvgIpc) is 3.07. The van der Waals surface area contributed by atoms with E-state index < -0.39 is 0 Å². The highest BCUT2D eigenvalue weighted by Crippen LogP contribution is 2.24. The van der Waals surface area contributed by atoms with E-state index in [0.717, 1.165) is 30.4 Å². The van der Waals surface area contributed by atoms with Crippen molar-refractivity contribution in [1.29, 1.82) is 0 Å². The first-order valence-electron chi connectivity index (χ1n) is 7.04. The van der Waals surface area contributed by atoms with E-state index in [0.29, 0.717) is 5.69 Å². The zero-order valence-electron chi connectivity index (χ0n) is 11.8. The SMILES string of the molecule is CC(NC(=O)c1nn(C)c2c1CCCC2)c1ccoc1. The van der Waals surface area contributed by atoms with Crippen molar-refractivity contribution in [3.8, 4) is 0 Å². The van der Waals surface area contributed by atoms with Gasteiger partial charge in [-0.05, 0) is 38.7 Å². The number of nitrogens with zero attached hydrogens (tertiary/aromatic N) is 2. The van der Waals surface area contributed by atoms with E-state index in [4.69, 9.17) is 4.42 Å². The molecule has 5 nitrogen and oxygen atoms in total. The molecule has 0 bridgehead atoms. The summed E-state index contributed by atoms with van der Waals surface area (Å²) in [5.41, 5.74) is 3.87. The topological polar surface area (TPSA) is 60.1 Å². The minimum atomic E-state index is -0.0996. The molecule has 0 aromatic carbocycles. The van der Waals surface area contributed by atoms with E-state index in [1.54, 1.807) is 12.5 Å². The van der Waals surface area contributed by atoms with Crippen molar-refractivity contribution >= 4 is 5.91 Å². The monoisotopic (exact) mass is 273 g/mol. The van der Waals surface area contributed by atoms with Crippen molar-refractivity contribution in [3.63, 3.8) is 0 Å². The number of aryl methyl sites for hydroxylation is 1. The van der Waals surface area contributed by atoms with E-state index in [1.165, 1.54) is 12.1 Å². The first-order valence-corrected chi connectivity index (χ1v) is 7.04. The zero-order chi connectivity index (χ0) is 14.1. The number of hydrogen-bond acceptors (Lipinski definition) is 3. The molecule has 1 atom stereocenters. The minimum Gasteiger partial charge on any atom is -0.472 e. The van der Waals surface area contributed by atoms with Gasteiger partial charge in [-0.1, -0.05) is 0 Å². The number of carbonyl (C=O) groups is 1. The largest absolute Gasteiger partial charge is 0.472 e. The maximum absolute atomic E-state index is 12.4. The van der Waals surface area contributed by atoms with Gasteiger partial charge in [-0.15, -0.1) is 0 Å². The zero-order valence-corrected chi connectivity index (χ0v) is 11.8. The van der Waals surface area contributed by atoms with Crippen LogP contribution in [0.1, 0.15) is 53.1 Å². The fourth-order valence-corrected chi connectivity index (χ4v) is 2.82. The molecular formula is C15H19N3O2. The Morgan fingerprint density at radius 1 is 1.45 bits per heavy atom. The maximum Gasteiger partial charge on any atom is 0.272 e. The number of aromatic nitrogens is 2. The standard InChI is InChI=1S/C15H19N3O2/c1-10(11-7-8-20-9-11)16-15(19)14-12-5-3-4-6-13(12)18(2)17-14/h7-10H,3-6H2,1-2H3,(H,16,19). The van der Waals surface area contributed by atoms with E-state index in [1.807, 2.05) is 24.7 Å². The van der Waals surface area contributed by atoms with E-state index >= 15 is 0 Å². The van der Waals surface area contributed by atoms with Gasteiger partial charge in [0, 0.05) is 23.9 Å². The summed E-state index contributed by atoms with van der Waals surface area (Å²) in [7, 11) is 1.92. The highest BCUT2D eigenvalue weighted by Gasteiger charge is 2.24. The van der Waals surface area contributed by atoms with Gasteiger partial charge in [0.15, 0.2) is 5.69 Å². The Hall–Kier alpha value is -2.04. The predicted molar refractivity (Wildman–Crippen MR) is 74.4 cm³/mol. The number of hydrogen-bond donors (Lipinski definition) is 1. The van der Waals surface area contributed by atoms with Gasteiger partial charge in [0.25, 0.3) is 5.91 Å². The van der Waals surface area contributed by atoms with Gasteiger partial charge in [-0.2, -0.15) is 5.10 Å². The molecule has 1 unspecified atom stereocenters. The lowest BCUT2D eigenvalue weighted by Gasteiger charge is -2.14. The maximum atomic E-state index is 12.4. The first-order chi connectivity index (χ1) is 9.66. The second kappa shape index (κ2) is 5.15. The molecule has 0 radical (unpaired) electrons. The van der Waals surface area contributed by atoms with Gasteiger partial charge in [0.2, 0.25) is 0 Å². The second-order valence-corrected chi connectivity index (χ2v) is 5.36. The molecule has 2 heterocycles. The Bertz CT molecular complexity index is 613. The Morgan fingerprint density at radius 3 is 3.00 bits per heavy atom. The number of fused-ring (bicyclic) bond motifs is 1.